The van der Waals surface area contributed by atoms with Crippen LogP contribution in [0.4, 0.5) is 0 Å². The first-order valence-electron chi connectivity index (χ1n) is 15.7. The molecule has 0 atom stereocenters. The molecule has 0 aliphatic rings. The molecular weight excluding hydrogens is 552 g/mol. The van der Waals surface area contributed by atoms with Crippen LogP contribution in [0.15, 0.2) is 97.8 Å². The first-order chi connectivity index (χ1) is 21.1. The van der Waals surface area contributed by atoms with Crippen LogP contribution in [0.2, 0.25) is 0 Å². The first kappa shape index (κ1) is 36.9. The summed E-state index contributed by atoms with van der Waals surface area (Å²) in [7, 11) is 0. The maximum Gasteiger partial charge on any atom is 0.116 e. The third-order valence-corrected chi connectivity index (χ3v) is 5.95. The molecule has 0 saturated heterocycles. The number of para-hydroxylation sites is 4. The monoisotopic (exact) mass is 604 g/mol. The molecule has 3 aromatic carbocycles. The highest BCUT2D eigenvalue weighted by molar-refractivity contribution is 5.82. The Hall–Kier alpha value is -4.32. The Morgan fingerprint density at radius 1 is 0.467 bits per heavy atom. The zero-order valence-corrected chi connectivity index (χ0v) is 29.4. The van der Waals surface area contributed by atoms with E-state index in [9.17, 15) is 0 Å². The quantitative estimate of drug-likeness (QED) is 0.172. The van der Waals surface area contributed by atoms with Crippen LogP contribution >= 0.6 is 0 Å². The first-order valence-corrected chi connectivity index (χ1v) is 15.7. The van der Waals surface area contributed by atoms with Gasteiger partial charge in [-0.3, -0.25) is 15.0 Å². The normalized spacial score (nSPS) is 11.1. The Balaban J connectivity index is 0.000000215. The molecule has 6 rings (SSSR count). The molecule has 3 heterocycles. The van der Waals surface area contributed by atoms with E-state index < -0.39 is 0 Å². The van der Waals surface area contributed by atoms with E-state index in [2.05, 4.69) is 111 Å². The predicted molar refractivity (Wildman–Crippen MR) is 192 cm³/mol. The Kier molecular flexibility index (Phi) is 13.7. The van der Waals surface area contributed by atoms with Gasteiger partial charge in [-0.25, -0.2) is 15.0 Å². The third kappa shape index (κ3) is 12.7. The van der Waals surface area contributed by atoms with Gasteiger partial charge in [0.2, 0.25) is 0 Å². The SMILES string of the molecule is CC.CC(C)(C)C.CC(C)(C)c1cccc2ncncc12.CC(C)(C)c1cnc2ccccc2n1.c1ccc2nccnc2c1. The highest BCUT2D eigenvalue weighted by Gasteiger charge is 2.17. The number of benzene rings is 3. The minimum atomic E-state index is 0.0665. The van der Waals surface area contributed by atoms with Crippen LogP contribution in [0, 0.1) is 5.41 Å². The van der Waals surface area contributed by atoms with E-state index in [0.29, 0.717) is 5.41 Å². The lowest BCUT2D eigenvalue weighted by molar-refractivity contribution is 0.469. The summed E-state index contributed by atoms with van der Waals surface area (Å²) in [6.07, 6.45) is 8.74. The van der Waals surface area contributed by atoms with Gasteiger partial charge < -0.3 is 0 Å². The molecule has 0 radical (unpaired) electrons. The average Bonchev–Trinajstić information content (AvgIpc) is 3.00. The molecule has 6 heteroatoms. The van der Waals surface area contributed by atoms with E-state index in [1.807, 2.05) is 80.8 Å². The lowest BCUT2D eigenvalue weighted by atomic mass is 9.85. The van der Waals surface area contributed by atoms with Crippen molar-refractivity contribution in [2.45, 2.75) is 93.9 Å². The second-order valence-corrected chi connectivity index (χ2v) is 14.1. The molecule has 0 fully saturated rings. The van der Waals surface area contributed by atoms with Crippen LogP contribution in [0.3, 0.4) is 0 Å². The average molecular weight is 605 g/mol. The topological polar surface area (TPSA) is 77.3 Å². The Bertz CT molecular complexity index is 1660. The molecule has 6 aromatic rings. The van der Waals surface area contributed by atoms with Crippen molar-refractivity contribution in [2.24, 2.45) is 5.41 Å². The van der Waals surface area contributed by atoms with Gasteiger partial charge in [0.05, 0.1) is 33.3 Å². The summed E-state index contributed by atoms with van der Waals surface area (Å²) in [6.45, 7) is 25.8. The number of fused-ring (bicyclic) bond motifs is 3. The minimum absolute atomic E-state index is 0.0665. The summed E-state index contributed by atoms with van der Waals surface area (Å²) >= 11 is 0. The number of nitrogens with zero attached hydrogens (tertiary/aromatic N) is 6. The number of aromatic nitrogens is 6. The maximum atomic E-state index is 4.58. The smallest absolute Gasteiger partial charge is 0.116 e. The van der Waals surface area contributed by atoms with E-state index in [0.717, 1.165) is 38.7 Å². The highest BCUT2D eigenvalue weighted by Crippen LogP contribution is 2.28. The van der Waals surface area contributed by atoms with Crippen molar-refractivity contribution in [3.8, 4) is 0 Å². The second-order valence-electron chi connectivity index (χ2n) is 14.1. The minimum Gasteiger partial charge on any atom is -0.253 e. The zero-order chi connectivity index (χ0) is 33.7. The van der Waals surface area contributed by atoms with Crippen LogP contribution in [-0.2, 0) is 10.8 Å². The van der Waals surface area contributed by atoms with Gasteiger partial charge in [-0.15, -0.1) is 0 Å². The van der Waals surface area contributed by atoms with E-state index in [1.165, 1.54) is 5.56 Å². The van der Waals surface area contributed by atoms with Crippen LogP contribution in [0.25, 0.3) is 33.0 Å². The summed E-state index contributed by atoms with van der Waals surface area (Å²) < 4.78 is 0. The van der Waals surface area contributed by atoms with Gasteiger partial charge in [0.25, 0.3) is 0 Å². The summed E-state index contributed by atoms with van der Waals surface area (Å²) in [5.74, 6) is 0. The van der Waals surface area contributed by atoms with Crippen molar-refractivity contribution in [1.82, 2.24) is 29.9 Å². The molecule has 0 aliphatic heterocycles. The van der Waals surface area contributed by atoms with E-state index in [-0.39, 0.29) is 10.8 Å². The number of rotatable bonds is 0. The second kappa shape index (κ2) is 16.7. The van der Waals surface area contributed by atoms with Crippen molar-refractivity contribution < 1.29 is 0 Å². The van der Waals surface area contributed by atoms with Crippen LogP contribution in [-0.4, -0.2) is 29.9 Å². The fraction of sp³-hybridized carbons (Fsp3) is 0.385. The molecule has 3 aromatic heterocycles. The largest absolute Gasteiger partial charge is 0.253 e. The van der Waals surface area contributed by atoms with Crippen LogP contribution in [0.5, 0.6) is 0 Å². The lowest BCUT2D eigenvalue weighted by Crippen LogP contribution is -2.13. The molecule has 0 amide bonds. The Morgan fingerprint density at radius 3 is 1.42 bits per heavy atom. The van der Waals surface area contributed by atoms with E-state index in [1.54, 1.807) is 18.7 Å². The fourth-order valence-electron chi connectivity index (χ4n) is 3.89. The summed E-state index contributed by atoms with van der Waals surface area (Å²) in [5.41, 5.74) is 7.90. The molecule has 0 bridgehead atoms. The van der Waals surface area contributed by atoms with Gasteiger partial charge in [-0.05, 0) is 46.7 Å². The molecular formula is C39H52N6. The van der Waals surface area contributed by atoms with Crippen molar-refractivity contribution in [1.29, 1.82) is 0 Å². The molecule has 0 unspecified atom stereocenters. The molecule has 238 valence electrons. The van der Waals surface area contributed by atoms with Crippen molar-refractivity contribution >= 4 is 33.0 Å². The van der Waals surface area contributed by atoms with Crippen molar-refractivity contribution in [3.05, 3.63) is 109 Å². The van der Waals surface area contributed by atoms with Gasteiger partial charge in [-0.1, -0.05) is 119 Å². The maximum absolute atomic E-state index is 4.58. The van der Waals surface area contributed by atoms with Gasteiger partial charge in [0.1, 0.15) is 6.33 Å². The van der Waals surface area contributed by atoms with Crippen LogP contribution < -0.4 is 0 Å². The predicted octanol–water partition coefficient (Wildman–Crippen LogP) is 10.6. The molecule has 0 saturated carbocycles. The lowest BCUT2D eigenvalue weighted by Gasteiger charge is -2.20. The van der Waals surface area contributed by atoms with Gasteiger partial charge in [0, 0.05) is 35.6 Å². The van der Waals surface area contributed by atoms with Crippen LogP contribution in [0.1, 0.15) is 94.3 Å². The summed E-state index contributed by atoms with van der Waals surface area (Å²) in [6, 6.07) is 22.0. The highest BCUT2D eigenvalue weighted by atomic mass is 14.8. The Morgan fingerprint density at radius 2 is 0.933 bits per heavy atom. The van der Waals surface area contributed by atoms with E-state index >= 15 is 0 Å². The number of hydrogen-bond donors (Lipinski definition) is 0. The Labute approximate surface area is 270 Å². The number of hydrogen-bond acceptors (Lipinski definition) is 6. The summed E-state index contributed by atoms with van der Waals surface area (Å²) in [4.78, 5) is 25.5. The third-order valence-electron chi connectivity index (χ3n) is 5.95. The molecule has 45 heavy (non-hydrogen) atoms. The summed E-state index contributed by atoms with van der Waals surface area (Å²) in [5, 5.41) is 1.16. The fourth-order valence-corrected chi connectivity index (χ4v) is 3.89. The molecule has 6 nitrogen and oxygen atoms in total. The van der Waals surface area contributed by atoms with Crippen molar-refractivity contribution in [3.63, 3.8) is 0 Å². The molecule has 0 N–H and O–H groups in total. The van der Waals surface area contributed by atoms with Gasteiger partial charge in [-0.2, -0.15) is 0 Å². The van der Waals surface area contributed by atoms with Gasteiger partial charge >= 0.3 is 0 Å². The molecule has 0 aliphatic carbocycles. The molecule has 0 spiro atoms. The zero-order valence-electron chi connectivity index (χ0n) is 29.4. The standard InChI is InChI=1S/2C12H14N2.C8H6N2.C5H12.C2H6/c1-12(2,3)10-5-4-6-11-9(10)7-13-8-14-11;1-12(2,3)11-8-13-9-6-4-5-7-10(9)14-11;1-2-4-8-7(3-1)9-5-6-10-8;1-5(2,3)4;1-2/h2*4-8H,1-3H3;1-6H;1-4H3;1-2H3. The van der Waals surface area contributed by atoms with E-state index in [4.69, 9.17) is 0 Å². The van der Waals surface area contributed by atoms with Gasteiger partial charge in [0.15, 0.2) is 0 Å². The van der Waals surface area contributed by atoms with Crippen molar-refractivity contribution in [2.75, 3.05) is 0 Å².